The molecule has 1 aromatic heterocycles. The lowest BCUT2D eigenvalue weighted by Crippen LogP contribution is -2.21. The lowest BCUT2D eigenvalue weighted by Gasteiger charge is -2.10. The van der Waals surface area contributed by atoms with Crippen LogP contribution in [0.3, 0.4) is 0 Å². The van der Waals surface area contributed by atoms with E-state index in [1.165, 1.54) is 5.56 Å². The van der Waals surface area contributed by atoms with E-state index in [4.69, 9.17) is 21.4 Å². The predicted molar refractivity (Wildman–Crippen MR) is 100 cm³/mol. The van der Waals surface area contributed by atoms with E-state index in [9.17, 15) is 13.2 Å². The summed E-state index contributed by atoms with van der Waals surface area (Å²) in [5.41, 5.74) is 16.5. The van der Waals surface area contributed by atoms with Crippen LogP contribution in [0.1, 0.15) is 5.69 Å². The summed E-state index contributed by atoms with van der Waals surface area (Å²) < 4.78 is 31.7. The van der Waals surface area contributed by atoms with Crippen molar-refractivity contribution in [3.63, 3.8) is 0 Å². The first-order valence-corrected chi connectivity index (χ1v) is 7.95. The Morgan fingerprint density at radius 2 is 1.36 bits per heavy atom. The number of hydrogen-bond acceptors (Lipinski definition) is 5. The Labute approximate surface area is 158 Å². The van der Waals surface area contributed by atoms with Gasteiger partial charge in [-0.2, -0.15) is 18.2 Å². The van der Waals surface area contributed by atoms with Gasteiger partial charge >= 0.3 is 12.1 Å². The van der Waals surface area contributed by atoms with Crippen molar-refractivity contribution in [1.29, 1.82) is 0 Å². The zero-order chi connectivity index (χ0) is 20.9. The molecule has 0 spiro atoms. The van der Waals surface area contributed by atoms with Crippen LogP contribution in [0, 0.1) is 6.92 Å². The Kier molecular flexibility index (Phi) is 6.19. The van der Waals surface area contributed by atoms with Crippen LogP contribution in [0.25, 0.3) is 22.3 Å². The summed E-state index contributed by atoms with van der Waals surface area (Å²) in [4.78, 5) is 17.1. The number of carbonyl (C=O) groups is 1. The first kappa shape index (κ1) is 20.7. The highest BCUT2D eigenvalue weighted by atomic mass is 19.4. The maximum Gasteiger partial charge on any atom is 0.490 e. The van der Waals surface area contributed by atoms with Gasteiger partial charge in [0.1, 0.15) is 5.82 Å². The monoisotopic (exact) mass is 390 g/mol. The number of aliphatic carboxylic acids is 1. The number of rotatable bonds is 2. The van der Waals surface area contributed by atoms with Gasteiger partial charge in [-0.25, -0.2) is 9.78 Å². The van der Waals surface area contributed by atoms with Crippen LogP contribution in [0.5, 0.6) is 0 Å². The molecule has 28 heavy (non-hydrogen) atoms. The minimum atomic E-state index is -5.08. The van der Waals surface area contributed by atoms with Crippen LogP contribution < -0.4 is 11.5 Å². The van der Waals surface area contributed by atoms with E-state index in [2.05, 4.69) is 34.2 Å². The summed E-state index contributed by atoms with van der Waals surface area (Å²) in [6, 6.07) is 18.4. The summed E-state index contributed by atoms with van der Waals surface area (Å²) in [7, 11) is 0. The number of aryl methyl sites for hydroxylation is 1. The molecule has 0 aliphatic rings. The molecule has 3 rings (SSSR count). The van der Waals surface area contributed by atoms with Crippen molar-refractivity contribution in [2.24, 2.45) is 0 Å². The Bertz CT molecular complexity index is 936. The number of carboxylic acids is 1. The molecule has 3 aromatic rings. The van der Waals surface area contributed by atoms with E-state index in [1.54, 1.807) is 0 Å². The number of alkyl halides is 3. The first-order valence-electron chi connectivity index (χ1n) is 7.95. The van der Waals surface area contributed by atoms with Crippen LogP contribution in [0.15, 0.2) is 54.6 Å². The van der Waals surface area contributed by atoms with Gasteiger partial charge in [0.2, 0.25) is 5.95 Å². The Balaban J connectivity index is 0.000000345. The van der Waals surface area contributed by atoms with E-state index >= 15 is 0 Å². The molecule has 0 radical (unpaired) electrons. The van der Waals surface area contributed by atoms with Gasteiger partial charge in [0.05, 0.1) is 5.69 Å². The number of nitrogen functional groups attached to an aromatic ring is 2. The molecular formula is C19H17F3N4O2. The molecule has 146 valence electrons. The minimum Gasteiger partial charge on any atom is -0.475 e. The fourth-order valence-electron chi connectivity index (χ4n) is 2.43. The van der Waals surface area contributed by atoms with Gasteiger partial charge in [0.25, 0.3) is 0 Å². The number of benzene rings is 2. The van der Waals surface area contributed by atoms with E-state index in [0.717, 1.165) is 22.4 Å². The van der Waals surface area contributed by atoms with Crippen molar-refractivity contribution in [2.45, 2.75) is 13.1 Å². The third-order valence-electron chi connectivity index (χ3n) is 3.66. The second kappa shape index (κ2) is 8.38. The molecule has 0 unspecified atom stereocenters. The van der Waals surface area contributed by atoms with Gasteiger partial charge in [-0.05, 0) is 23.6 Å². The molecular weight excluding hydrogens is 373 g/mol. The number of anilines is 2. The van der Waals surface area contributed by atoms with Crippen molar-refractivity contribution in [3.8, 4) is 22.3 Å². The van der Waals surface area contributed by atoms with E-state index in [1.807, 2.05) is 37.3 Å². The van der Waals surface area contributed by atoms with Crippen LogP contribution in [-0.4, -0.2) is 27.2 Å². The third kappa shape index (κ3) is 5.19. The van der Waals surface area contributed by atoms with E-state index in [-0.39, 0.29) is 5.95 Å². The molecule has 9 heteroatoms. The van der Waals surface area contributed by atoms with Crippen LogP contribution in [0.2, 0.25) is 0 Å². The van der Waals surface area contributed by atoms with Crippen molar-refractivity contribution < 1.29 is 23.1 Å². The summed E-state index contributed by atoms with van der Waals surface area (Å²) >= 11 is 0. The smallest absolute Gasteiger partial charge is 0.475 e. The third-order valence-corrected chi connectivity index (χ3v) is 3.66. The summed E-state index contributed by atoms with van der Waals surface area (Å²) in [6.45, 7) is 1.88. The number of halogens is 3. The van der Waals surface area contributed by atoms with Crippen LogP contribution in [-0.2, 0) is 4.79 Å². The summed E-state index contributed by atoms with van der Waals surface area (Å²) in [6.07, 6.45) is -5.08. The lowest BCUT2D eigenvalue weighted by molar-refractivity contribution is -0.192. The molecule has 6 nitrogen and oxygen atoms in total. The molecule has 0 atom stereocenters. The van der Waals surface area contributed by atoms with Gasteiger partial charge < -0.3 is 16.6 Å². The number of nitrogens with two attached hydrogens (primary N) is 2. The van der Waals surface area contributed by atoms with Crippen LogP contribution in [0.4, 0.5) is 24.9 Å². The van der Waals surface area contributed by atoms with Crippen molar-refractivity contribution in [3.05, 3.63) is 60.3 Å². The number of nitrogens with zero attached hydrogens (tertiary/aromatic N) is 2. The molecule has 0 bridgehead atoms. The SMILES string of the molecule is Cc1nc(N)nc(N)c1-c1ccc(-c2ccccc2)cc1.O=C(O)C(F)(F)F. The molecule has 0 amide bonds. The molecule has 0 saturated carbocycles. The lowest BCUT2D eigenvalue weighted by atomic mass is 10.00. The first-order chi connectivity index (χ1) is 13.1. The highest BCUT2D eigenvalue weighted by Gasteiger charge is 2.38. The number of carboxylic acid groups (broad SMARTS) is 1. The fourth-order valence-corrected chi connectivity index (χ4v) is 2.43. The van der Waals surface area contributed by atoms with Gasteiger partial charge in [-0.1, -0.05) is 54.6 Å². The average molecular weight is 390 g/mol. The van der Waals surface area contributed by atoms with Crippen molar-refractivity contribution in [1.82, 2.24) is 9.97 Å². The topological polar surface area (TPSA) is 115 Å². The molecule has 0 saturated heterocycles. The summed E-state index contributed by atoms with van der Waals surface area (Å²) in [5.74, 6) is -2.14. The summed E-state index contributed by atoms with van der Waals surface area (Å²) in [5, 5.41) is 7.12. The average Bonchev–Trinajstić information content (AvgIpc) is 2.62. The van der Waals surface area contributed by atoms with Gasteiger partial charge in [-0.3, -0.25) is 0 Å². The molecule has 0 aliphatic carbocycles. The van der Waals surface area contributed by atoms with Gasteiger partial charge in [0, 0.05) is 5.56 Å². The fraction of sp³-hybridized carbons (Fsp3) is 0.105. The maximum absolute atomic E-state index is 10.6. The number of aromatic nitrogens is 2. The zero-order valence-corrected chi connectivity index (χ0v) is 14.7. The normalized spacial score (nSPS) is 10.7. The molecule has 2 aromatic carbocycles. The molecule has 5 N–H and O–H groups in total. The Morgan fingerprint density at radius 3 is 1.82 bits per heavy atom. The van der Waals surface area contributed by atoms with Gasteiger partial charge in [-0.15, -0.1) is 0 Å². The Hall–Kier alpha value is -3.62. The predicted octanol–water partition coefficient (Wildman–Crippen LogP) is 3.92. The highest BCUT2D eigenvalue weighted by Crippen LogP contribution is 2.29. The van der Waals surface area contributed by atoms with Crippen LogP contribution >= 0.6 is 0 Å². The second-order valence-corrected chi connectivity index (χ2v) is 5.67. The maximum atomic E-state index is 10.6. The molecule has 0 fully saturated rings. The van der Waals surface area contributed by atoms with Crippen molar-refractivity contribution in [2.75, 3.05) is 11.5 Å². The van der Waals surface area contributed by atoms with Crippen molar-refractivity contribution >= 4 is 17.7 Å². The standard InChI is InChI=1S/C17H16N4.C2HF3O2/c1-11-15(16(18)21-17(19)20-11)14-9-7-13(8-10-14)12-5-3-2-4-6-12;3-2(4,5)1(6)7/h2-10H,1H3,(H4,18,19,20,21);(H,6,7). The highest BCUT2D eigenvalue weighted by molar-refractivity contribution is 5.78. The Morgan fingerprint density at radius 1 is 0.893 bits per heavy atom. The van der Waals surface area contributed by atoms with E-state index < -0.39 is 12.1 Å². The molecule has 1 heterocycles. The number of hydrogen-bond donors (Lipinski definition) is 3. The second-order valence-electron chi connectivity index (χ2n) is 5.67. The zero-order valence-electron chi connectivity index (χ0n) is 14.7. The minimum absolute atomic E-state index is 0.203. The largest absolute Gasteiger partial charge is 0.490 e. The molecule has 0 aliphatic heterocycles. The van der Waals surface area contributed by atoms with E-state index in [0.29, 0.717) is 5.82 Å². The van der Waals surface area contributed by atoms with Gasteiger partial charge in [0.15, 0.2) is 0 Å². The quantitative estimate of drug-likeness (QED) is 0.611.